The Balaban J connectivity index is 1.63. The normalized spacial score (nSPS) is 16.1. The van der Waals surface area contributed by atoms with Gasteiger partial charge in [0.25, 0.3) is 0 Å². The van der Waals surface area contributed by atoms with Gasteiger partial charge >= 0.3 is 0 Å². The van der Waals surface area contributed by atoms with Gasteiger partial charge in [0.05, 0.1) is 17.4 Å². The van der Waals surface area contributed by atoms with E-state index in [1.165, 1.54) is 11.3 Å². The van der Waals surface area contributed by atoms with Gasteiger partial charge in [-0.3, -0.25) is 9.89 Å². The van der Waals surface area contributed by atoms with E-state index in [1.807, 2.05) is 6.07 Å². The van der Waals surface area contributed by atoms with Gasteiger partial charge in [-0.25, -0.2) is 9.97 Å². The van der Waals surface area contributed by atoms with Crippen molar-refractivity contribution in [1.29, 1.82) is 0 Å². The smallest absolute Gasteiger partial charge is 0.227 e. The van der Waals surface area contributed by atoms with Gasteiger partial charge in [-0.1, -0.05) is 34.6 Å². The molecule has 0 atom stereocenters. The number of hydrogen-bond donors (Lipinski definition) is 2. The van der Waals surface area contributed by atoms with E-state index in [0.717, 1.165) is 42.0 Å². The Morgan fingerprint density at radius 3 is 2.79 bits per heavy atom. The van der Waals surface area contributed by atoms with Crippen LogP contribution in [0.2, 0.25) is 0 Å². The van der Waals surface area contributed by atoms with E-state index in [-0.39, 0.29) is 11.3 Å². The minimum atomic E-state index is -0.0579. The quantitative estimate of drug-likeness (QED) is 0.694. The van der Waals surface area contributed by atoms with Crippen molar-refractivity contribution in [3.05, 3.63) is 23.5 Å². The Morgan fingerprint density at radius 1 is 1.31 bits per heavy atom. The second-order valence-electron chi connectivity index (χ2n) is 10.2. The van der Waals surface area contributed by atoms with E-state index in [9.17, 15) is 4.79 Å². The summed E-state index contributed by atoms with van der Waals surface area (Å²) < 4.78 is 0. The first-order valence-electron chi connectivity index (χ1n) is 10.2. The number of amides is 1. The van der Waals surface area contributed by atoms with Crippen LogP contribution in [-0.2, 0) is 17.6 Å². The summed E-state index contributed by atoms with van der Waals surface area (Å²) in [7, 11) is 1.79. The van der Waals surface area contributed by atoms with Gasteiger partial charge in [0.2, 0.25) is 5.91 Å². The SMILES string of the molecule is CN(C(=O)CC(C)(C)C)c1cnc2nc(-c3n[nH]c4c3CCC(C)(C)C4)[nH]c2c1. The summed E-state index contributed by atoms with van der Waals surface area (Å²) in [5, 5.41) is 7.75. The molecule has 1 amide bonds. The van der Waals surface area contributed by atoms with E-state index in [4.69, 9.17) is 0 Å². The zero-order chi connectivity index (χ0) is 21.0. The first-order chi connectivity index (χ1) is 13.5. The maximum atomic E-state index is 12.6. The fourth-order valence-corrected chi connectivity index (χ4v) is 3.94. The van der Waals surface area contributed by atoms with Crippen LogP contribution in [0.4, 0.5) is 5.69 Å². The lowest BCUT2D eigenvalue weighted by atomic mass is 9.76. The van der Waals surface area contributed by atoms with Crippen LogP contribution in [0, 0.1) is 10.8 Å². The number of H-pyrrole nitrogens is 2. The third-order valence-corrected chi connectivity index (χ3v) is 5.65. The summed E-state index contributed by atoms with van der Waals surface area (Å²) in [6, 6.07) is 1.93. The van der Waals surface area contributed by atoms with Crippen molar-refractivity contribution in [3.8, 4) is 11.5 Å². The Kier molecular flexibility index (Phi) is 4.52. The molecule has 2 N–H and O–H groups in total. The molecule has 4 rings (SSSR count). The zero-order valence-electron chi connectivity index (χ0n) is 18.2. The summed E-state index contributed by atoms with van der Waals surface area (Å²) in [5.74, 6) is 0.799. The molecule has 154 valence electrons. The number of rotatable bonds is 3. The second-order valence-corrected chi connectivity index (χ2v) is 10.2. The number of fused-ring (bicyclic) bond motifs is 2. The molecule has 0 unspecified atom stereocenters. The molecule has 3 heterocycles. The number of nitrogens with zero attached hydrogens (tertiary/aromatic N) is 4. The molecule has 1 aliphatic carbocycles. The maximum absolute atomic E-state index is 12.6. The van der Waals surface area contributed by atoms with E-state index in [1.54, 1.807) is 18.1 Å². The lowest BCUT2D eigenvalue weighted by Crippen LogP contribution is -2.29. The number of nitrogens with one attached hydrogen (secondary N) is 2. The van der Waals surface area contributed by atoms with Crippen LogP contribution in [0.3, 0.4) is 0 Å². The Morgan fingerprint density at radius 2 is 2.07 bits per heavy atom. The van der Waals surface area contributed by atoms with Gasteiger partial charge in [0.15, 0.2) is 11.5 Å². The van der Waals surface area contributed by atoms with Crippen molar-refractivity contribution in [2.45, 2.75) is 60.3 Å². The lowest BCUT2D eigenvalue weighted by Gasteiger charge is -2.28. The number of carbonyl (C=O) groups is 1. The molecule has 0 bridgehead atoms. The molecule has 0 saturated heterocycles. The van der Waals surface area contributed by atoms with Crippen molar-refractivity contribution < 1.29 is 4.79 Å². The number of aromatic amines is 2. The molecule has 29 heavy (non-hydrogen) atoms. The molecule has 7 heteroatoms. The van der Waals surface area contributed by atoms with Gasteiger partial charge in [0, 0.05) is 24.7 Å². The highest BCUT2D eigenvalue weighted by molar-refractivity contribution is 5.94. The molecular formula is C22H30N6O. The fraction of sp³-hybridized carbons (Fsp3) is 0.545. The molecular weight excluding hydrogens is 364 g/mol. The Labute approximate surface area is 171 Å². The topological polar surface area (TPSA) is 90.6 Å². The van der Waals surface area contributed by atoms with E-state index in [2.05, 4.69) is 59.8 Å². The Hall–Kier alpha value is -2.70. The average Bonchev–Trinajstić information content (AvgIpc) is 3.20. The number of hydrogen-bond acceptors (Lipinski definition) is 4. The van der Waals surface area contributed by atoms with Gasteiger partial charge < -0.3 is 9.88 Å². The molecule has 3 aromatic rings. The first-order valence-corrected chi connectivity index (χ1v) is 10.2. The van der Waals surface area contributed by atoms with E-state index in [0.29, 0.717) is 17.5 Å². The Bertz CT molecular complexity index is 1070. The molecule has 0 aromatic carbocycles. The average molecular weight is 395 g/mol. The van der Waals surface area contributed by atoms with Gasteiger partial charge in [-0.15, -0.1) is 0 Å². The van der Waals surface area contributed by atoms with Gasteiger partial charge in [0.1, 0.15) is 5.69 Å². The lowest BCUT2D eigenvalue weighted by molar-refractivity contribution is -0.120. The van der Waals surface area contributed by atoms with Crippen molar-refractivity contribution in [3.63, 3.8) is 0 Å². The molecule has 7 nitrogen and oxygen atoms in total. The summed E-state index contributed by atoms with van der Waals surface area (Å²) >= 11 is 0. The third-order valence-electron chi connectivity index (χ3n) is 5.65. The standard InChI is InChI=1S/C22H30N6O/c1-21(2,3)11-17(29)28(6)13-9-15-19(23-12-13)25-20(24-15)18-14-7-8-22(4,5)10-16(14)26-27-18/h9,12H,7-8,10-11H2,1-6H3,(H,26,27)(H,23,24,25). The predicted octanol–water partition coefficient (Wildman–Crippen LogP) is 4.26. The second kappa shape index (κ2) is 6.68. The number of aromatic nitrogens is 5. The number of imidazole rings is 1. The molecule has 0 saturated carbocycles. The van der Waals surface area contributed by atoms with Crippen LogP contribution in [0.1, 0.15) is 58.7 Å². The van der Waals surface area contributed by atoms with Gasteiger partial charge in [-0.2, -0.15) is 5.10 Å². The highest BCUT2D eigenvalue weighted by Crippen LogP contribution is 2.37. The minimum Gasteiger partial charge on any atom is -0.335 e. The number of anilines is 1. The summed E-state index contributed by atoms with van der Waals surface area (Å²) in [6.45, 7) is 10.8. The van der Waals surface area contributed by atoms with Gasteiger partial charge in [-0.05, 0) is 36.2 Å². The van der Waals surface area contributed by atoms with Crippen LogP contribution in [0.25, 0.3) is 22.7 Å². The van der Waals surface area contributed by atoms with Crippen LogP contribution >= 0.6 is 0 Å². The molecule has 0 aliphatic heterocycles. The number of pyridine rings is 1. The van der Waals surface area contributed by atoms with E-state index < -0.39 is 0 Å². The van der Waals surface area contributed by atoms with Crippen molar-refractivity contribution >= 4 is 22.8 Å². The molecule has 0 fully saturated rings. The molecule has 0 spiro atoms. The van der Waals surface area contributed by atoms with Crippen LogP contribution < -0.4 is 4.90 Å². The van der Waals surface area contributed by atoms with Crippen LogP contribution in [0.15, 0.2) is 12.3 Å². The highest BCUT2D eigenvalue weighted by atomic mass is 16.2. The third kappa shape index (κ3) is 3.91. The van der Waals surface area contributed by atoms with E-state index >= 15 is 0 Å². The molecule has 0 radical (unpaired) electrons. The molecule has 3 aromatic heterocycles. The zero-order valence-corrected chi connectivity index (χ0v) is 18.2. The van der Waals surface area contributed by atoms with Crippen molar-refractivity contribution in [2.75, 3.05) is 11.9 Å². The number of carbonyl (C=O) groups excluding carboxylic acids is 1. The summed E-state index contributed by atoms with van der Waals surface area (Å²) in [4.78, 5) is 26.7. The van der Waals surface area contributed by atoms with Crippen molar-refractivity contribution in [2.24, 2.45) is 10.8 Å². The minimum absolute atomic E-state index is 0.0579. The van der Waals surface area contributed by atoms with Crippen LogP contribution in [-0.4, -0.2) is 38.1 Å². The summed E-state index contributed by atoms with van der Waals surface area (Å²) in [5.41, 5.74) is 5.77. The predicted molar refractivity (Wildman–Crippen MR) is 115 cm³/mol. The van der Waals surface area contributed by atoms with Crippen LogP contribution in [0.5, 0.6) is 0 Å². The fourth-order valence-electron chi connectivity index (χ4n) is 3.94. The largest absolute Gasteiger partial charge is 0.335 e. The molecule has 1 aliphatic rings. The first kappa shape index (κ1) is 19.6. The monoisotopic (exact) mass is 394 g/mol. The van der Waals surface area contributed by atoms with Crippen molar-refractivity contribution in [1.82, 2.24) is 25.1 Å². The summed E-state index contributed by atoms with van der Waals surface area (Å²) in [6.07, 6.45) is 5.31. The maximum Gasteiger partial charge on any atom is 0.227 e. The highest BCUT2D eigenvalue weighted by Gasteiger charge is 2.30.